The van der Waals surface area contributed by atoms with E-state index < -0.39 is 42.4 Å². The van der Waals surface area contributed by atoms with Crippen molar-refractivity contribution in [2.75, 3.05) is 44.8 Å². The molecule has 1 aliphatic carbocycles. The zero-order chi connectivity index (χ0) is 30.4. The number of nitrogens with one attached hydrogen (secondary N) is 1. The predicted octanol–water partition coefficient (Wildman–Crippen LogP) is 2.69. The Hall–Kier alpha value is -2.82. The summed E-state index contributed by atoms with van der Waals surface area (Å²) in [6, 6.07) is 2.88. The minimum absolute atomic E-state index is 0.0904. The van der Waals surface area contributed by atoms with Crippen LogP contribution in [-0.2, 0) is 31.3 Å². The van der Waals surface area contributed by atoms with Gasteiger partial charge in [-0.05, 0) is 26.0 Å². The first-order chi connectivity index (χ1) is 19.8. The maximum atomic E-state index is 13.6. The number of hydrogen-bond acceptors (Lipinski definition) is 10. The van der Waals surface area contributed by atoms with Gasteiger partial charge in [-0.3, -0.25) is 9.53 Å². The number of anilines is 1. The van der Waals surface area contributed by atoms with Crippen molar-refractivity contribution in [2.24, 2.45) is 0 Å². The molecule has 0 amide bonds. The quantitative estimate of drug-likeness (QED) is 0.312. The van der Waals surface area contributed by atoms with Gasteiger partial charge in [0.05, 0.1) is 47.3 Å². The standard InChI is InChI=1S/C24H30F2N8O5S3/c1-15(2)42(37,38)33-9-7-32(8-10-33)18-14-16(41(35,36)31-24(27-3)5-6-24)13-17-19(22-28-29-23(40-22)21(25)26)30-34(20(17)18)11-12-39-4/h13-15,21,31H,5-12H2,1-2,4H3. The SMILES string of the molecule is [C-]#[N+]C1(NS(=O)(=O)c2cc(N3CCN(S(=O)(=O)C(C)C)CC3)c3c(c2)c(-c2nnc(C(F)F)s2)nn3CCOC)CC1. The van der Waals surface area contributed by atoms with Crippen LogP contribution in [0.15, 0.2) is 17.0 Å². The first-order valence-electron chi connectivity index (χ1n) is 13.1. The first kappa shape index (κ1) is 30.6. The van der Waals surface area contributed by atoms with E-state index in [2.05, 4.69) is 24.9 Å². The molecule has 18 heteroatoms. The van der Waals surface area contributed by atoms with Crippen LogP contribution in [0.5, 0.6) is 0 Å². The van der Waals surface area contributed by atoms with Crippen molar-refractivity contribution in [1.82, 2.24) is 29.0 Å². The van der Waals surface area contributed by atoms with Gasteiger partial charge < -0.3 is 9.64 Å². The fourth-order valence-electron chi connectivity index (χ4n) is 4.73. The molecule has 0 spiro atoms. The smallest absolute Gasteiger partial charge is 0.299 e. The van der Waals surface area contributed by atoms with Gasteiger partial charge in [0, 0.05) is 38.7 Å². The van der Waals surface area contributed by atoms with Gasteiger partial charge in [-0.15, -0.1) is 14.9 Å². The van der Waals surface area contributed by atoms with Crippen molar-refractivity contribution in [2.45, 2.75) is 55.5 Å². The number of alkyl halides is 2. The Morgan fingerprint density at radius 1 is 1.14 bits per heavy atom. The maximum absolute atomic E-state index is 13.6. The second-order valence-corrected chi connectivity index (χ2v) is 15.6. The zero-order valence-corrected chi connectivity index (χ0v) is 25.6. The Labute approximate surface area is 246 Å². The van der Waals surface area contributed by atoms with Gasteiger partial charge in [0.1, 0.15) is 5.69 Å². The summed E-state index contributed by atoms with van der Waals surface area (Å²) in [6.07, 6.45) is -2.06. The monoisotopic (exact) mass is 644 g/mol. The number of halogens is 2. The van der Waals surface area contributed by atoms with Crippen LogP contribution < -0.4 is 9.62 Å². The van der Waals surface area contributed by atoms with Crippen molar-refractivity contribution in [3.05, 3.63) is 28.6 Å². The molecular formula is C24H30F2N8O5S3. The second kappa shape index (κ2) is 11.4. The average Bonchev–Trinajstić information content (AvgIpc) is 3.37. The van der Waals surface area contributed by atoms with Crippen molar-refractivity contribution in [3.63, 3.8) is 0 Å². The zero-order valence-electron chi connectivity index (χ0n) is 23.1. The number of benzene rings is 1. The molecule has 1 aromatic carbocycles. The van der Waals surface area contributed by atoms with Crippen LogP contribution in [0.4, 0.5) is 14.5 Å². The van der Waals surface area contributed by atoms with Crippen LogP contribution in [0.25, 0.3) is 26.4 Å². The molecule has 0 atom stereocenters. The number of ether oxygens (including phenoxy) is 1. The molecule has 13 nitrogen and oxygen atoms in total. The third kappa shape index (κ3) is 5.73. The van der Waals surface area contributed by atoms with Crippen LogP contribution >= 0.6 is 11.3 Å². The van der Waals surface area contributed by atoms with E-state index in [0.29, 0.717) is 40.8 Å². The van der Waals surface area contributed by atoms with Crippen LogP contribution in [0.2, 0.25) is 0 Å². The molecule has 1 saturated carbocycles. The molecular weight excluding hydrogens is 615 g/mol. The maximum Gasteiger partial charge on any atom is 0.299 e. The number of aromatic nitrogens is 4. The molecule has 1 N–H and O–H groups in total. The molecule has 5 rings (SSSR count). The fraction of sp³-hybridized carbons (Fsp3) is 0.583. The Morgan fingerprint density at radius 3 is 2.38 bits per heavy atom. The van der Waals surface area contributed by atoms with Gasteiger partial charge in [-0.25, -0.2) is 32.2 Å². The van der Waals surface area contributed by atoms with E-state index in [1.165, 1.54) is 23.5 Å². The average molecular weight is 645 g/mol. The van der Waals surface area contributed by atoms with Gasteiger partial charge >= 0.3 is 0 Å². The van der Waals surface area contributed by atoms with Gasteiger partial charge in [-0.2, -0.15) is 9.40 Å². The van der Waals surface area contributed by atoms with E-state index in [-0.39, 0.29) is 54.9 Å². The topological polar surface area (TPSA) is 144 Å². The molecule has 1 aliphatic heterocycles. The molecule has 2 aliphatic rings. The number of piperazine rings is 1. The normalized spacial score (nSPS) is 17.8. The lowest BCUT2D eigenvalue weighted by molar-refractivity contribution is 0.150. The molecule has 0 bridgehead atoms. The third-order valence-corrected chi connectivity index (χ3v) is 12.0. The summed E-state index contributed by atoms with van der Waals surface area (Å²) in [7, 11) is -6.16. The second-order valence-electron chi connectivity index (χ2n) is 10.4. The Kier molecular flexibility index (Phi) is 8.28. The minimum Gasteiger partial charge on any atom is -0.383 e. The predicted molar refractivity (Wildman–Crippen MR) is 152 cm³/mol. The van der Waals surface area contributed by atoms with Crippen LogP contribution in [0.3, 0.4) is 0 Å². The highest BCUT2D eigenvalue weighted by atomic mass is 32.2. The molecule has 0 radical (unpaired) electrons. The number of methoxy groups -OCH3 is 1. The number of rotatable bonds is 11. The van der Waals surface area contributed by atoms with Crippen molar-refractivity contribution in [3.8, 4) is 10.7 Å². The lowest BCUT2D eigenvalue weighted by atomic mass is 10.1. The molecule has 42 heavy (non-hydrogen) atoms. The Morgan fingerprint density at radius 2 is 1.83 bits per heavy atom. The van der Waals surface area contributed by atoms with Crippen molar-refractivity contribution in [1.29, 1.82) is 0 Å². The first-order valence-corrected chi connectivity index (χ1v) is 16.9. The largest absolute Gasteiger partial charge is 0.383 e. The van der Waals surface area contributed by atoms with Gasteiger partial charge in [-0.1, -0.05) is 11.3 Å². The highest BCUT2D eigenvalue weighted by Gasteiger charge is 2.54. The van der Waals surface area contributed by atoms with Gasteiger partial charge in [0.15, 0.2) is 10.0 Å². The van der Waals surface area contributed by atoms with Crippen LogP contribution in [-0.4, -0.2) is 91.9 Å². The summed E-state index contributed by atoms with van der Waals surface area (Å²) < 4.78 is 90.2. The Bertz CT molecular complexity index is 1740. The molecule has 228 valence electrons. The van der Waals surface area contributed by atoms with E-state index in [4.69, 9.17) is 11.3 Å². The Balaban J connectivity index is 1.67. The van der Waals surface area contributed by atoms with E-state index in [9.17, 15) is 25.6 Å². The summed E-state index contributed by atoms with van der Waals surface area (Å²) in [5.74, 6) is 0. The highest BCUT2D eigenvalue weighted by molar-refractivity contribution is 7.89. The number of nitrogens with zero attached hydrogens (tertiary/aromatic N) is 7. The fourth-order valence-corrected chi connectivity index (χ4v) is 8.10. The summed E-state index contributed by atoms with van der Waals surface area (Å²) in [6.45, 7) is 12.1. The summed E-state index contributed by atoms with van der Waals surface area (Å²) in [4.78, 5) is 5.20. The van der Waals surface area contributed by atoms with Crippen molar-refractivity contribution < 1.29 is 30.4 Å². The molecule has 1 saturated heterocycles. The van der Waals surface area contributed by atoms with E-state index >= 15 is 0 Å². The molecule has 0 unspecified atom stereocenters. The van der Waals surface area contributed by atoms with E-state index in [1.807, 2.05) is 4.90 Å². The molecule has 2 fully saturated rings. The lowest BCUT2D eigenvalue weighted by Crippen LogP contribution is -2.50. The molecule has 2 aromatic heterocycles. The van der Waals surface area contributed by atoms with Gasteiger partial charge in [0.25, 0.3) is 12.1 Å². The third-order valence-electron chi connectivity index (χ3n) is 7.24. The lowest BCUT2D eigenvalue weighted by Gasteiger charge is -2.36. The highest BCUT2D eigenvalue weighted by Crippen LogP contribution is 2.41. The van der Waals surface area contributed by atoms with E-state index in [1.54, 1.807) is 18.5 Å². The summed E-state index contributed by atoms with van der Waals surface area (Å²) in [5, 5.41) is 11.5. The number of sulfonamides is 2. The van der Waals surface area contributed by atoms with Gasteiger partial charge in [0.2, 0.25) is 20.0 Å². The molecule has 3 aromatic rings. The summed E-state index contributed by atoms with van der Waals surface area (Å²) >= 11 is 0.659. The van der Waals surface area contributed by atoms with E-state index in [0.717, 1.165) is 0 Å². The van der Waals surface area contributed by atoms with Crippen LogP contribution in [0.1, 0.15) is 38.1 Å². The minimum atomic E-state index is -4.19. The van der Waals surface area contributed by atoms with Crippen LogP contribution in [0, 0.1) is 6.57 Å². The van der Waals surface area contributed by atoms with Crippen molar-refractivity contribution >= 4 is 48.0 Å². The number of hydrogen-bond donors (Lipinski definition) is 1. The number of fused-ring (bicyclic) bond motifs is 1. The summed E-state index contributed by atoms with van der Waals surface area (Å²) in [5.41, 5.74) is -0.0326. The molecule has 3 heterocycles.